The molecule has 1 radical (unpaired) electrons. The molecule has 0 aliphatic carbocycles. The minimum Gasteiger partial charge on any atom is -0.365 e. The van der Waals surface area contributed by atoms with Crippen molar-refractivity contribution < 1.29 is 32.7 Å². The van der Waals surface area contributed by atoms with Gasteiger partial charge in [-0.15, -0.1) is 13.1 Å². The van der Waals surface area contributed by atoms with E-state index in [9.17, 15) is 0 Å². The maximum atomic E-state index is 4.50. The first-order valence-corrected chi connectivity index (χ1v) is 7.62. The van der Waals surface area contributed by atoms with E-state index in [1.54, 1.807) is 0 Å². The fourth-order valence-corrected chi connectivity index (χ4v) is 0.532. The van der Waals surface area contributed by atoms with Crippen LogP contribution in [0.1, 0.15) is 49.0 Å². The van der Waals surface area contributed by atoms with E-state index in [4.69, 9.17) is 0 Å². The second kappa shape index (κ2) is 58.0. The molecule has 3 nitrogen and oxygen atoms in total. The van der Waals surface area contributed by atoms with Crippen LogP contribution >= 0.6 is 0 Å². The molecule has 0 saturated carbocycles. The molecule has 1 heterocycles. The van der Waals surface area contributed by atoms with Crippen LogP contribution in [0.2, 0.25) is 0 Å². The van der Waals surface area contributed by atoms with Crippen molar-refractivity contribution in [1.82, 2.24) is 9.47 Å². The van der Waals surface area contributed by atoms with E-state index < -0.39 is 0 Å². The average molecular weight is 392 g/mol. The number of aromatic nitrogens is 1. The van der Waals surface area contributed by atoms with Crippen molar-refractivity contribution in [3.05, 3.63) is 38.4 Å². The Morgan fingerprint density at radius 1 is 0.864 bits per heavy atom. The van der Waals surface area contributed by atoms with Gasteiger partial charge in [-0.05, 0) is 26.2 Å². The van der Waals surface area contributed by atoms with Gasteiger partial charge in [-0.2, -0.15) is 0 Å². The molecule has 0 saturated heterocycles. The molecule has 0 aliphatic rings. The van der Waals surface area contributed by atoms with Gasteiger partial charge >= 0.3 is 0 Å². The second-order valence-corrected chi connectivity index (χ2v) is 2.65. The number of nitrogens with two attached hydrogens (primary N) is 1. The van der Waals surface area contributed by atoms with Gasteiger partial charge in [0.1, 0.15) is 0 Å². The van der Waals surface area contributed by atoms with Gasteiger partial charge in [-0.25, -0.2) is 0 Å². The van der Waals surface area contributed by atoms with Gasteiger partial charge < -0.3 is 29.0 Å². The molecule has 1 aromatic heterocycles. The van der Waals surface area contributed by atoms with Crippen molar-refractivity contribution in [2.24, 2.45) is 12.8 Å². The Hall–Kier alpha value is 0.304. The summed E-state index contributed by atoms with van der Waals surface area (Å²) in [4.78, 5) is 2.03. The zero-order valence-corrected chi connectivity index (χ0v) is 19.0. The predicted octanol–water partition coefficient (Wildman–Crippen LogP) is 4.90. The summed E-state index contributed by atoms with van der Waals surface area (Å²) in [6, 6.07) is 4.00. The van der Waals surface area contributed by atoms with Gasteiger partial charge in [0, 0.05) is 52.2 Å². The summed E-state index contributed by atoms with van der Waals surface area (Å²) in [7, 11) is 5.49. The third kappa shape index (κ3) is 59.2. The third-order valence-corrected chi connectivity index (χ3v) is 1.52. The van der Waals surface area contributed by atoms with Crippen molar-refractivity contribution in [3.63, 3.8) is 0 Å². The van der Waals surface area contributed by atoms with Gasteiger partial charge in [0.15, 0.2) is 0 Å². The number of aryl methyl sites for hydroxylation is 1. The van der Waals surface area contributed by atoms with Crippen molar-refractivity contribution in [1.29, 1.82) is 0 Å². The SMILES string of the molecule is C.CC.CC.CC.CN.Cn1cccc1.[CH2-]CN(C)C[CH2-].[Y]. The molecule has 22 heavy (non-hydrogen) atoms. The van der Waals surface area contributed by atoms with E-state index in [1.165, 1.54) is 7.05 Å². The molecule has 137 valence electrons. The average Bonchev–Trinajstić information content (AvgIpc) is 3.06. The Balaban J connectivity index is -0.0000000266. The molecular weight excluding hydrogens is 347 g/mol. The van der Waals surface area contributed by atoms with Crippen LogP contribution in [0.15, 0.2) is 24.5 Å². The van der Waals surface area contributed by atoms with Gasteiger partial charge in [0.25, 0.3) is 0 Å². The summed E-state index contributed by atoms with van der Waals surface area (Å²) in [5, 5.41) is 0. The molecule has 0 amide bonds. The summed E-state index contributed by atoms with van der Waals surface area (Å²) >= 11 is 0. The topological polar surface area (TPSA) is 34.2 Å². The smallest absolute Gasteiger partial charge is 0.0106 e. The number of nitrogens with zero attached hydrogens (tertiary/aromatic N) is 2. The first kappa shape index (κ1) is 43.2. The largest absolute Gasteiger partial charge is 0.365 e. The van der Waals surface area contributed by atoms with Crippen LogP contribution in [0.5, 0.6) is 0 Å². The molecule has 0 aromatic carbocycles. The first-order valence-electron chi connectivity index (χ1n) is 7.62. The summed E-state index contributed by atoms with van der Waals surface area (Å²) in [5.74, 6) is 0. The van der Waals surface area contributed by atoms with Crippen LogP contribution in [0.4, 0.5) is 0 Å². The summed E-state index contributed by atoms with van der Waals surface area (Å²) in [6.07, 6.45) is 4.00. The monoisotopic (exact) mass is 392 g/mol. The van der Waals surface area contributed by atoms with Crippen LogP contribution in [0.25, 0.3) is 0 Å². The molecule has 2 N–H and O–H groups in total. The van der Waals surface area contributed by atoms with Gasteiger partial charge in [0.05, 0.1) is 0 Å². The first-order chi connectivity index (χ1) is 9.70. The number of hydrogen-bond acceptors (Lipinski definition) is 2. The summed E-state index contributed by atoms with van der Waals surface area (Å²) in [6.45, 7) is 21.0. The number of rotatable bonds is 2. The fourth-order valence-electron chi connectivity index (χ4n) is 0.532. The zero-order valence-electron chi connectivity index (χ0n) is 16.2. The van der Waals surface area contributed by atoms with Crippen LogP contribution in [0, 0.1) is 13.8 Å². The van der Waals surface area contributed by atoms with E-state index in [2.05, 4.69) is 19.6 Å². The van der Waals surface area contributed by atoms with Crippen molar-refractivity contribution in [3.8, 4) is 0 Å². The van der Waals surface area contributed by atoms with Crippen LogP contribution < -0.4 is 5.73 Å². The van der Waals surface area contributed by atoms with Crippen LogP contribution in [-0.2, 0) is 39.8 Å². The molecule has 0 unspecified atom stereocenters. The van der Waals surface area contributed by atoms with E-state index in [0.29, 0.717) is 0 Å². The Morgan fingerprint density at radius 3 is 1.14 bits per heavy atom. The maximum Gasteiger partial charge on any atom is 0.0106 e. The Bertz CT molecular complexity index is 174. The predicted molar refractivity (Wildman–Crippen MR) is 105 cm³/mol. The summed E-state index contributed by atoms with van der Waals surface area (Å²) in [5.41, 5.74) is 4.50. The van der Waals surface area contributed by atoms with E-state index in [-0.39, 0.29) is 40.1 Å². The number of hydrogen-bond donors (Lipinski definition) is 1. The Kier molecular flexibility index (Phi) is 114. The fraction of sp³-hybridized carbons (Fsp3) is 0.667. The second-order valence-electron chi connectivity index (χ2n) is 2.65. The molecule has 0 atom stereocenters. The van der Waals surface area contributed by atoms with Crippen molar-refractivity contribution in [2.75, 3.05) is 27.2 Å². The molecule has 0 spiro atoms. The molecule has 0 bridgehead atoms. The molecule has 0 fully saturated rings. The molecule has 4 heteroatoms. The normalized spacial score (nSPS) is 6.23. The van der Waals surface area contributed by atoms with Crippen molar-refractivity contribution in [2.45, 2.75) is 49.0 Å². The zero-order chi connectivity index (χ0) is 17.4. The third-order valence-electron chi connectivity index (χ3n) is 1.52. The quantitative estimate of drug-likeness (QED) is 0.727. The van der Waals surface area contributed by atoms with Crippen LogP contribution in [-0.4, -0.2) is 36.7 Å². The van der Waals surface area contributed by atoms with E-state index in [1.807, 2.05) is 89.6 Å². The van der Waals surface area contributed by atoms with E-state index in [0.717, 1.165) is 13.1 Å². The van der Waals surface area contributed by atoms with Crippen molar-refractivity contribution >= 4 is 0 Å². The molecule has 1 rings (SSSR count). The Morgan fingerprint density at radius 2 is 1.09 bits per heavy atom. The Labute approximate surface area is 168 Å². The maximum absolute atomic E-state index is 4.50. The minimum absolute atomic E-state index is 0. The standard InChI is InChI=1S/C5H7N.C5H11N.3C2H6.CH5N.CH4.Y/c1-6-4-2-3-5-6;1-4-6(3)5-2;4*1-2;;/h2-5H,1H3;1-2,4-5H2,3H3;3*1-2H3;2H2,1H3;1H4;/q;-2;;;;;;. The van der Waals surface area contributed by atoms with Crippen LogP contribution in [0.3, 0.4) is 0 Å². The van der Waals surface area contributed by atoms with Gasteiger partial charge in [0.2, 0.25) is 0 Å². The molecule has 1 aromatic rings. The minimum atomic E-state index is 0. The summed E-state index contributed by atoms with van der Waals surface area (Å²) < 4.78 is 2.00. The van der Waals surface area contributed by atoms with Gasteiger partial charge in [-0.3, -0.25) is 0 Å². The molecular formula is C18H45N3Y-2. The van der Waals surface area contributed by atoms with Gasteiger partial charge in [-0.1, -0.05) is 49.0 Å². The molecule has 0 aliphatic heterocycles. The van der Waals surface area contributed by atoms with E-state index >= 15 is 0 Å².